The highest BCUT2D eigenvalue weighted by Gasteiger charge is 2.28. The second-order valence-electron chi connectivity index (χ2n) is 4.54. The molecule has 17 heavy (non-hydrogen) atoms. The molecule has 94 valence electrons. The SMILES string of the molecule is CCc1ccc(C(=O)NC2CCCC2CCl)o1. The number of furan rings is 1. The topological polar surface area (TPSA) is 42.2 Å². The number of alkyl halides is 1. The zero-order chi connectivity index (χ0) is 12.3. The van der Waals surface area contributed by atoms with Crippen LogP contribution in [-0.4, -0.2) is 17.8 Å². The van der Waals surface area contributed by atoms with E-state index in [-0.39, 0.29) is 11.9 Å². The average molecular weight is 256 g/mol. The van der Waals surface area contributed by atoms with Crippen LogP contribution in [0.3, 0.4) is 0 Å². The molecule has 1 aliphatic rings. The third-order valence-electron chi connectivity index (χ3n) is 3.41. The number of aryl methyl sites for hydroxylation is 1. The lowest BCUT2D eigenvalue weighted by Gasteiger charge is -2.17. The maximum Gasteiger partial charge on any atom is 0.287 e. The normalized spacial score (nSPS) is 23.9. The number of halogens is 1. The maximum atomic E-state index is 11.9. The minimum absolute atomic E-state index is 0.119. The van der Waals surface area contributed by atoms with Crippen molar-refractivity contribution in [1.29, 1.82) is 0 Å². The van der Waals surface area contributed by atoms with Crippen LogP contribution in [0.1, 0.15) is 42.5 Å². The average Bonchev–Trinajstić information content (AvgIpc) is 2.96. The van der Waals surface area contributed by atoms with Crippen molar-refractivity contribution in [1.82, 2.24) is 5.32 Å². The summed E-state index contributed by atoms with van der Waals surface area (Å²) in [5.41, 5.74) is 0. The quantitative estimate of drug-likeness (QED) is 0.841. The molecule has 1 aromatic rings. The van der Waals surface area contributed by atoms with E-state index < -0.39 is 0 Å². The van der Waals surface area contributed by atoms with Crippen LogP contribution in [0.25, 0.3) is 0 Å². The molecule has 2 atom stereocenters. The molecular formula is C13H18ClNO2. The fraction of sp³-hybridized carbons (Fsp3) is 0.615. The molecule has 0 bridgehead atoms. The second kappa shape index (κ2) is 5.58. The first-order valence-corrected chi connectivity index (χ1v) is 6.73. The molecule has 1 N–H and O–H groups in total. The lowest BCUT2D eigenvalue weighted by Crippen LogP contribution is -2.37. The highest BCUT2D eigenvalue weighted by atomic mass is 35.5. The number of amides is 1. The number of hydrogen-bond donors (Lipinski definition) is 1. The number of hydrogen-bond acceptors (Lipinski definition) is 2. The number of carbonyl (C=O) groups excluding carboxylic acids is 1. The van der Waals surface area contributed by atoms with Gasteiger partial charge in [-0.3, -0.25) is 4.79 Å². The lowest BCUT2D eigenvalue weighted by molar-refractivity contribution is 0.0900. The van der Waals surface area contributed by atoms with Gasteiger partial charge < -0.3 is 9.73 Å². The zero-order valence-electron chi connectivity index (χ0n) is 10.0. The van der Waals surface area contributed by atoms with Crippen molar-refractivity contribution in [3.05, 3.63) is 23.7 Å². The Morgan fingerprint density at radius 1 is 1.53 bits per heavy atom. The molecule has 0 radical (unpaired) electrons. The van der Waals surface area contributed by atoms with Gasteiger partial charge in [-0.25, -0.2) is 0 Å². The van der Waals surface area contributed by atoms with Gasteiger partial charge in [0, 0.05) is 18.3 Å². The summed E-state index contributed by atoms with van der Waals surface area (Å²) in [6.07, 6.45) is 4.07. The second-order valence-corrected chi connectivity index (χ2v) is 4.85. The molecular weight excluding hydrogens is 238 g/mol. The number of carbonyl (C=O) groups is 1. The van der Waals surface area contributed by atoms with Crippen LogP contribution in [0.15, 0.2) is 16.5 Å². The minimum Gasteiger partial charge on any atom is -0.456 e. The standard InChI is InChI=1S/C13H18ClNO2/c1-2-10-6-7-12(17-10)13(16)15-11-5-3-4-9(11)8-14/h6-7,9,11H,2-5,8H2,1H3,(H,15,16). The Kier molecular flexibility index (Phi) is 4.11. The van der Waals surface area contributed by atoms with Gasteiger partial charge in [0.1, 0.15) is 5.76 Å². The van der Waals surface area contributed by atoms with E-state index >= 15 is 0 Å². The first-order chi connectivity index (χ1) is 8.24. The van der Waals surface area contributed by atoms with Crippen molar-refractivity contribution in [2.24, 2.45) is 5.92 Å². The van der Waals surface area contributed by atoms with Crippen molar-refractivity contribution >= 4 is 17.5 Å². The third kappa shape index (κ3) is 2.83. The smallest absolute Gasteiger partial charge is 0.287 e. The molecule has 2 unspecified atom stereocenters. The van der Waals surface area contributed by atoms with Gasteiger partial charge in [0.25, 0.3) is 5.91 Å². The molecule has 0 spiro atoms. The van der Waals surface area contributed by atoms with E-state index in [4.69, 9.17) is 16.0 Å². The molecule has 4 heteroatoms. The number of nitrogens with one attached hydrogen (secondary N) is 1. The van der Waals surface area contributed by atoms with Crippen LogP contribution in [0.2, 0.25) is 0 Å². The van der Waals surface area contributed by atoms with Gasteiger partial charge >= 0.3 is 0 Å². The Labute approximate surface area is 107 Å². The largest absolute Gasteiger partial charge is 0.456 e. The monoisotopic (exact) mass is 255 g/mol. The Bertz CT molecular complexity index is 389. The Morgan fingerprint density at radius 2 is 2.35 bits per heavy atom. The summed E-state index contributed by atoms with van der Waals surface area (Å²) >= 11 is 5.88. The van der Waals surface area contributed by atoms with Crippen LogP contribution < -0.4 is 5.32 Å². The molecule has 1 aliphatic carbocycles. The first-order valence-electron chi connectivity index (χ1n) is 6.20. The summed E-state index contributed by atoms with van der Waals surface area (Å²) in [6, 6.07) is 3.79. The molecule has 0 aliphatic heterocycles. The van der Waals surface area contributed by atoms with Gasteiger partial charge in [-0.2, -0.15) is 0 Å². The first kappa shape index (κ1) is 12.5. The zero-order valence-corrected chi connectivity index (χ0v) is 10.8. The molecule has 1 amide bonds. The highest BCUT2D eigenvalue weighted by molar-refractivity contribution is 6.18. The van der Waals surface area contributed by atoms with E-state index in [1.807, 2.05) is 13.0 Å². The van der Waals surface area contributed by atoms with Crippen molar-refractivity contribution < 1.29 is 9.21 Å². The van der Waals surface area contributed by atoms with Crippen molar-refractivity contribution in [3.8, 4) is 0 Å². The molecule has 1 saturated carbocycles. The van der Waals surface area contributed by atoms with E-state index in [0.29, 0.717) is 17.6 Å². The van der Waals surface area contributed by atoms with Gasteiger partial charge in [-0.15, -0.1) is 11.6 Å². The predicted molar refractivity (Wildman–Crippen MR) is 67.4 cm³/mol. The summed E-state index contributed by atoms with van der Waals surface area (Å²) in [4.78, 5) is 11.9. The molecule has 1 fully saturated rings. The Hall–Kier alpha value is -0.960. The van der Waals surface area contributed by atoms with Gasteiger partial charge in [-0.1, -0.05) is 13.3 Å². The van der Waals surface area contributed by atoms with Crippen LogP contribution in [-0.2, 0) is 6.42 Å². The summed E-state index contributed by atoms with van der Waals surface area (Å²) in [7, 11) is 0. The molecule has 0 aromatic carbocycles. The van der Waals surface area contributed by atoms with Gasteiger partial charge in [0.05, 0.1) is 0 Å². The van der Waals surface area contributed by atoms with E-state index in [0.717, 1.165) is 31.4 Å². The predicted octanol–water partition coefficient (Wildman–Crippen LogP) is 2.98. The third-order valence-corrected chi connectivity index (χ3v) is 3.80. The molecule has 0 saturated heterocycles. The van der Waals surface area contributed by atoms with Crippen LogP contribution in [0, 0.1) is 5.92 Å². The summed E-state index contributed by atoms with van der Waals surface area (Å²) in [6.45, 7) is 2.00. The van der Waals surface area contributed by atoms with Crippen molar-refractivity contribution in [3.63, 3.8) is 0 Å². The van der Waals surface area contributed by atoms with Gasteiger partial charge in [0.2, 0.25) is 0 Å². The highest BCUT2D eigenvalue weighted by Crippen LogP contribution is 2.26. The number of rotatable bonds is 4. The van der Waals surface area contributed by atoms with E-state index in [2.05, 4.69) is 5.32 Å². The Morgan fingerprint density at radius 3 is 3.00 bits per heavy atom. The minimum atomic E-state index is -0.119. The van der Waals surface area contributed by atoms with Crippen LogP contribution >= 0.6 is 11.6 Å². The summed E-state index contributed by atoms with van der Waals surface area (Å²) in [5, 5.41) is 3.02. The van der Waals surface area contributed by atoms with Gasteiger partial charge in [0.15, 0.2) is 5.76 Å². The maximum absolute atomic E-state index is 11.9. The fourth-order valence-electron chi connectivity index (χ4n) is 2.34. The summed E-state index contributed by atoms with van der Waals surface area (Å²) in [5.74, 6) is 2.15. The van der Waals surface area contributed by atoms with Crippen LogP contribution in [0.4, 0.5) is 0 Å². The molecule has 2 rings (SSSR count). The van der Waals surface area contributed by atoms with E-state index in [1.54, 1.807) is 6.07 Å². The molecule has 1 aromatic heterocycles. The van der Waals surface area contributed by atoms with Crippen LogP contribution in [0.5, 0.6) is 0 Å². The molecule has 3 nitrogen and oxygen atoms in total. The van der Waals surface area contributed by atoms with Gasteiger partial charge in [-0.05, 0) is 30.9 Å². The summed E-state index contributed by atoms with van der Waals surface area (Å²) < 4.78 is 5.43. The van der Waals surface area contributed by atoms with Crippen molar-refractivity contribution in [2.45, 2.75) is 38.6 Å². The lowest BCUT2D eigenvalue weighted by atomic mass is 10.1. The fourth-order valence-corrected chi connectivity index (χ4v) is 2.71. The van der Waals surface area contributed by atoms with Crippen molar-refractivity contribution in [2.75, 3.05) is 5.88 Å². The molecule has 1 heterocycles. The van der Waals surface area contributed by atoms with E-state index in [9.17, 15) is 4.79 Å². The Balaban J connectivity index is 1.96. The van der Waals surface area contributed by atoms with E-state index in [1.165, 1.54) is 0 Å².